The maximum absolute atomic E-state index is 13.4. The zero-order valence-electron chi connectivity index (χ0n) is 12.6. The lowest BCUT2D eigenvalue weighted by Crippen LogP contribution is -2.12. The second-order valence-corrected chi connectivity index (χ2v) is 5.20. The first-order chi connectivity index (χ1) is 9.93. The summed E-state index contributed by atoms with van der Waals surface area (Å²) in [5.41, 5.74) is 2.66. The molecule has 2 rings (SSSR count). The number of esters is 1. The van der Waals surface area contributed by atoms with Gasteiger partial charge < -0.3 is 4.74 Å². The van der Waals surface area contributed by atoms with Crippen LogP contribution in [0.15, 0.2) is 18.2 Å². The average molecular weight is 291 g/mol. The molecule has 0 aliphatic heterocycles. The lowest BCUT2D eigenvalue weighted by Gasteiger charge is -2.12. The molecule has 0 spiro atoms. The number of hydrogen-bond acceptors (Lipinski definition) is 4. The fourth-order valence-electron chi connectivity index (χ4n) is 2.22. The second-order valence-electron chi connectivity index (χ2n) is 5.20. The monoisotopic (exact) mass is 291 g/mol. The van der Waals surface area contributed by atoms with E-state index in [-0.39, 0.29) is 17.4 Å². The number of aromatic nitrogens is 3. The van der Waals surface area contributed by atoms with Crippen molar-refractivity contribution in [3.8, 4) is 0 Å². The van der Waals surface area contributed by atoms with Gasteiger partial charge in [0.2, 0.25) is 0 Å². The predicted molar refractivity (Wildman–Crippen MR) is 75.7 cm³/mol. The number of hydrogen-bond donors (Lipinski definition) is 0. The normalized spacial score (nSPS) is 11.0. The van der Waals surface area contributed by atoms with Crippen molar-refractivity contribution in [3.63, 3.8) is 0 Å². The molecule has 0 N–H and O–H groups in total. The van der Waals surface area contributed by atoms with Gasteiger partial charge in [-0.3, -0.25) is 0 Å². The summed E-state index contributed by atoms with van der Waals surface area (Å²) < 4.78 is 19.7. The molecule has 0 radical (unpaired) electrons. The summed E-state index contributed by atoms with van der Waals surface area (Å²) in [6.07, 6.45) is 0. The molecule has 5 nitrogen and oxygen atoms in total. The van der Waals surface area contributed by atoms with Crippen LogP contribution in [0.4, 0.5) is 4.39 Å². The Balaban J connectivity index is 2.43. The van der Waals surface area contributed by atoms with Crippen molar-refractivity contribution in [2.75, 3.05) is 7.11 Å². The minimum atomic E-state index is -0.513. The van der Waals surface area contributed by atoms with Gasteiger partial charge in [0.1, 0.15) is 5.82 Å². The number of carbonyl (C=O) groups is 1. The van der Waals surface area contributed by atoms with E-state index >= 15 is 0 Å². The number of carbonyl (C=O) groups excluding carboxylic acids is 1. The lowest BCUT2D eigenvalue weighted by atomic mass is 10.1. The van der Waals surface area contributed by atoms with Gasteiger partial charge in [-0.15, -0.1) is 5.10 Å². The van der Waals surface area contributed by atoms with E-state index in [0.29, 0.717) is 12.2 Å². The van der Waals surface area contributed by atoms with E-state index < -0.39 is 5.97 Å². The zero-order chi connectivity index (χ0) is 15.6. The molecule has 0 bridgehead atoms. The number of ether oxygens (including phenoxy) is 1. The van der Waals surface area contributed by atoms with Crippen LogP contribution in [0.3, 0.4) is 0 Å². The fraction of sp³-hybridized carbons (Fsp3) is 0.400. The molecular weight excluding hydrogens is 273 g/mol. The largest absolute Gasteiger partial charge is 0.464 e. The molecule has 1 aromatic carbocycles. The van der Waals surface area contributed by atoms with Crippen molar-refractivity contribution in [2.24, 2.45) is 0 Å². The second kappa shape index (κ2) is 6.03. The van der Waals surface area contributed by atoms with Crippen LogP contribution in [0.5, 0.6) is 0 Å². The molecule has 0 aliphatic carbocycles. The fourth-order valence-corrected chi connectivity index (χ4v) is 2.22. The highest BCUT2D eigenvalue weighted by atomic mass is 19.1. The Morgan fingerprint density at radius 2 is 2.14 bits per heavy atom. The third-order valence-corrected chi connectivity index (χ3v) is 3.33. The molecule has 0 saturated carbocycles. The SMILES string of the molecule is COC(=O)c1nnn(Cc2cc(F)ccc2C)c1C(C)C. The van der Waals surface area contributed by atoms with Crippen LogP contribution in [0, 0.1) is 12.7 Å². The number of rotatable bonds is 4. The average Bonchev–Trinajstić information content (AvgIpc) is 2.86. The van der Waals surface area contributed by atoms with Crippen molar-refractivity contribution in [1.82, 2.24) is 15.0 Å². The van der Waals surface area contributed by atoms with Crippen LogP contribution in [-0.2, 0) is 11.3 Å². The highest BCUT2D eigenvalue weighted by Crippen LogP contribution is 2.20. The first-order valence-corrected chi connectivity index (χ1v) is 6.70. The smallest absolute Gasteiger partial charge is 0.360 e. The van der Waals surface area contributed by atoms with Gasteiger partial charge in [0, 0.05) is 0 Å². The van der Waals surface area contributed by atoms with Crippen molar-refractivity contribution in [3.05, 3.63) is 46.5 Å². The van der Waals surface area contributed by atoms with Gasteiger partial charge in [0.15, 0.2) is 5.69 Å². The standard InChI is InChI=1S/C15H18FN3O2/c1-9(2)14-13(15(20)21-4)17-18-19(14)8-11-7-12(16)6-5-10(11)3/h5-7,9H,8H2,1-4H3. The minimum absolute atomic E-state index is 0.0444. The van der Waals surface area contributed by atoms with Gasteiger partial charge in [-0.25, -0.2) is 13.9 Å². The molecule has 0 saturated heterocycles. The summed E-state index contributed by atoms with van der Waals surface area (Å²) in [7, 11) is 1.31. The van der Waals surface area contributed by atoms with Crippen LogP contribution in [-0.4, -0.2) is 28.1 Å². The summed E-state index contributed by atoms with van der Waals surface area (Å²) in [4.78, 5) is 11.7. The van der Waals surface area contributed by atoms with E-state index in [1.807, 2.05) is 20.8 Å². The molecule has 0 amide bonds. The first-order valence-electron chi connectivity index (χ1n) is 6.70. The number of methoxy groups -OCH3 is 1. The number of nitrogens with zero attached hydrogens (tertiary/aromatic N) is 3. The first kappa shape index (κ1) is 15.2. The Bertz CT molecular complexity index is 665. The maximum atomic E-state index is 13.4. The quantitative estimate of drug-likeness (QED) is 0.813. The van der Waals surface area contributed by atoms with E-state index in [1.54, 1.807) is 10.7 Å². The van der Waals surface area contributed by atoms with Crippen molar-refractivity contribution in [2.45, 2.75) is 33.2 Å². The van der Waals surface area contributed by atoms with Crippen LogP contribution in [0.1, 0.15) is 47.1 Å². The topological polar surface area (TPSA) is 57.0 Å². The van der Waals surface area contributed by atoms with Crippen LogP contribution in [0.2, 0.25) is 0 Å². The summed E-state index contributed by atoms with van der Waals surface area (Å²) in [6, 6.07) is 4.61. The van der Waals surface area contributed by atoms with E-state index in [4.69, 9.17) is 4.74 Å². The van der Waals surface area contributed by atoms with Gasteiger partial charge in [-0.2, -0.15) is 0 Å². The molecule has 6 heteroatoms. The van der Waals surface area contributed by atoms with Gasteiger partial charge in [-0.1, -0.05) is 25.1 Å². The molecule has 1 heterocycles. The number of halogens is 1. The summed E-state index contributed by atoms with van der Waals surface area (Å²) in [5.74, 6) is -0.765. The summed E-state index contributed by atoms with van der Waals surface area (Å²) in [5, 5.41) is 7.92. The highest BCUT2D eigenvalue weighted by Gasteiger charge is 2.22. The molecule has 2 aromatic rings. The minimum Gasteiger partial charge on any atom is -0.464 e. The lowest BCUT2D eigenvalue weighted by molar-refractivity contribution is 0.0592. The molecule has 112 valence electrons. The molecular formula is C15H18FN3O2. The van der Waals surface area contributed by atoms with E-state index in [0.717, 1.165) is 11.1 Å². The zero-order valence-corrected chi connectivity index (χ0v) is 12.6. The summed E-state index contributed by atoms with van der Waals surface area (Å²) in [6.45, 7) is 6.16. The maximum Gasteiger partial charge on any atom is 0.360 e. The van der Waals surface area contributed by atoms with Crippen LogP contribution in [0.25, 0.3) is 0 Å². The van der Waals surface area contributed by atoms with Gasteiger partial charge in [0.25, 0.3) is 0 Å². The number of aryl methyl sites for hydroxylation is 1. The summed E-state index contributed by atoms with van der Waals surface area (Å²) >= 11 is 0. The Hall–Kier alpha value is -2.24. The van der Waals surface area contributed by atoms with E-state index in [2.05, 4.69) is 10.3 Å². The van der Waals surface area contributed by atoms with Gasteiger partial charge >= 0.3 is 5.97 Å². The number of benzene rings is 1. The van der Waals surface area contributed by atoms with Crippen molar-refractivity contribution < 1.29 is 13.9 Å². The Morgan fingerprint density at radius 3 is 2.76 bits per heavy atom. The van der Waals surface area contributed by atoms with Gasteiger partial charge in [-0.05, 0) is 36.1 Å². The van der Waals surface area contributed by atoms with E-state index in [9.17, 15) is 9.18 Å². The third-order valence-electron chi connectivity index (χ3n) is 3.33. The van der Waals surface area contributed by atoms with E-state index in [1.165, 1.54) is 19.2 Å². The Kier molecular flexibility index (Phi) is 4.35. The highest BCUT2D eigenvalue weighted by molar-refractivity contribution is 5.88. The molecule has 0 fully saturated rings. The Morgan fingerprint density at radius 1 is 1.43 bits per heavy atom. The predicted octanol–water partition coefficient (Wildman–Crippen LogP) is 2.68. The Labute approximate surface area is 122 Å². The molecule has 1 aromatic heterocycles. The third kappa shape index (κ3) is 3.09. The van der Waals surface area contributed by atoms with Crippen LogP contribution < -0.4 is 0 Å². The molecule has 0 aliphatic rings. The molecule has 0 unspecified atom stereocenters. The van der Waals surface area contributed by atoms with Crippen LogP contribution >= 0.6 is 0 Å². The molecule has 0 atom stereocenters. The molecule has 21 heavy (non-hydrogen) atoms. The van der Waals surface area contributed by atoms with Crippen molar-refractivity contribution in [1.29, 1.82) is 0 Å². The van der Waals surface area contributed by atoms with Crippen molar-refractivity contribution >= 4 is 5.97 Å². The van der Waals surface area contributed by atoms with Gasteiger partial charge in [0.05, 0.1) is 19.3 Å².